The molecule has 0 saturated carbocycles. The van der Waals surface area contributed by atoms with E-state index in [9.17, 15) is 13.2 Å². The van der Waals surface area contributed by atoms with E-state index < -0.39 is 16.1 Å². The van der Waals surface area contributed by atoms with Gasteiger partial charge in [-0.1, -0.05) is 44.2 Å². The Morgan fingerprint density at radius 3 is 2.29 bits per heavy atom. The van der Waals surface area contributed by atoms with Crippen LogP contribution in [0, 0.1) is 5.92 Å². The fraction of sp³-hybridized carbons (Fsp3) is 0.435. The van der Waals surface area contributed by atoms with Crippen LogP contribution in [0.4, 0.5) is 5.69 Å². The summed E-state index contributed by atoms with van der Waals surface area (Å²) in [5, 5.41) is 3.05. The van der Waals surface area contributed by atoms with Gasteiger partial charge >= 0.3 is 0 Å². The van der Waals surface area contributed by atoms with Crippen LogP contribution in [-0.2, 0) is 14.8 Å². The zero-order valence-electron chi connectivity index (χ0n) is 18.4. The Labute approximate surface area is 184 Å². The Bertz CT molecular complexity index is 1010. The maximum absolute atomic E-state index is 13.2. The monoisotopic (exact) mass is 446 g/mol. The summed E-state index contributed by atoms with van der Waals surface area (Å²) in [4.78, 5) is 13.2. The van der Waals surface area contributed by atoms with Gasteiger partial charge in [0.1, 0.15) is 19.3 Å². The van der Waals surface area contributed by atoms with Crippen LogP contribution in [-0.4, -0.2) is 39.8 Å². The first kappa shape index (κ1) is 22.9. The minimum Gasteiger partial charge on any atom is -0.486 e. The van der Waals surface area contributed by atoms with E-state index in [-0.39, 0.29) is 11.9 Å². The van der Waals surface area contributed by atoms with Crippen LogP contribution in [0.3, 0.4) is 0 Å². The molecule has 0 fully saturated rings. The van der Waals surface area contributed by atoms with Gasteiger partial charge in [0.25, 0.3) is 0 Å². The molecular formula is C23H30N2O5S. The van der Waals surface area contributed by atoms with Gasteiger partial charge in [-0.25, -0.2) is 8.42 Å². The largest absolute Gasteiger partial charge is 0.486 e. The zero-order valence-corrected chi connectivity index (χ0v) is 19.2. The highest BCUT2D eigenvalue weighted by atomic mass is 32.2. The molecule has 8 heteroatoms. The van der Waals surface area contributed by atoms with Crippen LogP contribution in [0.1, 0.15) is 38.8 Å². The van der Waals surface area contributed by atoms with Gasteiger partial charge in [0.15, 0.2) is 11.5 Å². The van der Waals surface area contributed by atoms with Gasteiger partial charge in [0.05, 0.1) is 18.0 Å². The number of anilines is 1. The van der Waals surface area contributed by atoms with E-state index in [1.807, 2.05) is 30.3 Å². The van der Waals surface area contributed by atoms with Crippen molar-refractivity contribution >= 4 is 21.6 Å². The highest BCUT2D eigenvalue weighted by molar-refractivity contribution is 7.92. The normalized spacial score (nSPS) is 15.3. The lowest BCUT2D eigenvalue weighted by atomic mass is 9.96. The number of nitrogens with one attached hydrogen (secondary N) is 1. The van der Waals surface area contributed by atoms with Crippen LogP contribution in [0.15, 0.2) is 48.5 Å². The predicted molar refractivity (Wildman–Crippen MR) is 121 cm³/mol. The Morgan fingerprint density at radius 1 is 1.03 bits per heavy atom. The van der Waals surface area contributed by atoms with E-state index in [0.29, 0.717) is 36.3 Å². The van der Waals surface area contributed by atoms with Gasteiger partial charge in [-0.2, -0.15) is 0 Å². The number of rotatable bonds is 8. The number of benzene rings is 2. The first-order chi connectivity index (χ1) is 14.7. The average Bonchev–Trinajstić information content (AvgIpc) is 2.72. The average molecular weight is 447 g/mol. The Kier molecular flexibility index (Phi) is 7.10. The standard InChI is InChI=1S/C23H30N2O5S/c1-16(2)14-20(18-8-6-5-7-9-18)24-23(26)17(3)25(31(4,27)28)19-10-11-21-22(15-19)30-13-12-29-21/h5-11,15-17,20H,12-14H2,1-4H3,(H,24,26)/t17-,20-/m1/s1. The summed E-state index contributed by atoms with van der Waals surface area (Å²) in [5.74, 6) is 1.01. The van der Waals surface area contributed by atoms with Crippen molar-refractivity contribution in [2.75, 3.05) is 23.8 Å². The van der Waals surface area contributed by atoms with E-state index in [0.717, 1.165) is 22.5 Å². The molecule has 31 heavy (non-hydrogen) atoms. The molecule has 1 N–H and O–H groups in total. The van der Waals surface area contributed by atoms with Crippen molar-refractivity contribution in [2.24, 2.45) is 5.92 Å². The number of ether oxygens (including phenoxy) is 2. The summed E-state index contributed by atoms with van der Waals surface area (Å²) < 4.78 is 37.5. The molecule has 7 nitrogen and oxygen atoms in total. The molecule has 2 aromatic carbocycles. The summed E-state index contributed by atoms with van der Waals surface area (Å²) in [6.45, 7) is 6.59. The number of sulfonamides is 1. The number of fused-ring (bicyclic) bond motifs is 1. The zero-order chi connectivity index (χ0) is 22.6. The number of nitrogens with zero attached hydrogens (tertiary/aromatic N) is 1. The van der Waals surface area contributed by atoms with Gasteiger partial charge in [-0.05, 0) is 37.0 Å². The fourth-order valence-corrected chi connectivity index (χ4v) is 4.87. The predicted octanol–water partition coefficient (Wildman–Crippen LogP) is 3.52. The minimum absolute atomic E-state index is 0.210. The topological polar surface area (TPSA) is 84.9 Å². The number of amides is 1. The maximum atomic E-state index is 13.2. The highest BCUT2D eigenvalue weighted by Crippen LogP contribution is 2.35. The Hall–Kier alpha value is -2.74. The summed E-state index contributed by atoms with van der Waals surface area (Å²) >= 11 is 0. The van der Waals surface area contributed by atoms with Crippen molar-refractivity contribution in [1.82, 2.24) is 5.32 Å². The van der Waals surface area contributed by atoms with E-state index in [1.54, 1.807) is 25.1 Å². The molecule has 2 aromatic rings. The van der Waals surface area contributed by atoms with E-state index >= 15 is 0 Å². The third-order valence-corrected chi connectivity index (χ3v) is 6.34. The van der Waals surface area contributed by atoms with Crippen LogP contribution in [0.2, 0.25) is 0 Å². The van der Waals surface area contributed by atoms with E-state index in [4.69, 9.17) is 9.47 Å². The van der Waals surface area contributed by atoms with Gasteiger partial charge in [0, 0.05) is 6.07 Å². The maximum Gasteiger partial charge on any atom is 0.244 e. The summed E-state index contributed by atoms with van der Waals surface area (Å²) in [5.41, 5.74) is 1.34. The van der Waals surface area contributed by atoms with Crippen molar-refractivity contribution in [3.05, 3.63) is 54.1 Å². The molecule has 0 radical (unpaired) electrons. The molecule has 3 rings (SSSR count). The number of hydrogen-bond donors (Lipinski definition) is 1. The van der Waals surface area contributed by atoms with Gasteiger partial charge in [-0.3, -0.25) is 9.10 Å². The Morgan fingerprint density at radius 2 is 1.68 bits per heavy atom. The molecule has 0 aliphatic carbocycles. The van der Waals surface area contributed by atoms with Gasteiger partial charge in [-0.15, -0.1) is 0 Å². The van der Waals surface area contributed by atoms with E-state index in [1.165, 1.54) is 0 Å². The molecule has 1 amide bonds. The number of carbonyl (C=O) groups excluding carboxylic acids is 1. The van der Waals surface area contributed by atoms with Crippen molar-refractivity contribution in [3.63, 3.8) is 0 Å². The molecule has 2 atom stereocenters. The minimum atomic E-state index is -3.74. The second-order valence-electron chi connectivity index (χ2n) is 8.16. The van der Waals surface area contributed by atoms with Crippen LogP contribution in [0.25, 0.3) is 0 Å². The lowest BCUT2D eigenvalue weighted by Gasteiger charge is -2.31. The van der Waals surface area contributed by atoms with Crippen molar-refractivity contribution in [3.8, 4) is 11.5 Å². The molecule has 0 unspecified atom stereocenters. The van der Waals surface area contributed by atoms with Crippen molar-refractivity contribution < 1.29 is 22.7 Å². The molecule has 1 aliphatic rings. The third-order valence-electron chi connectivity index (χ3n) is 5.09. The molecule has 0 saturated heterocycles. The molecule has 1 heterocycles. The molecule has 0 aromatic heterocycles. The van der Waals surface area contributed by atoms with Crippen molar-refractivity contribution in [1.29, 1.82) is 0 Å². The molecule has 0 bridgehead atoms. The molecule has 0 spiro atoms. The van der Waals surface area contributed by atoms with E-state index in [2.05, 4.69) is 19.2 Å². The summed E-state index contributed by atoms with van der Waals surface area (Å²) in [6.07, 6.45) is 1.84. The second kappa shape index (κ2) is 9.60. The molecule has 168 valence electrons. The van der Waals surface area contributed by atoms with Crippen molar-refractivity contribution in [2.45, 2.75) is 39.3 Å². The van der Waals surface area contributed by atoms with Crippen LogP contribution < -0.4 is 19.1 Å². The fourth-order valence-electron chi connectivity index (χ4n) is 3.71. The Balaban J connectivity index is 1.87. The molecule has 1 aliphatic heterocycles. The van der Waals surface area contributed by atoms with Gasteiger partial charge in [0.2, 0.25) is 15.9 Å². The highest BCUT2D eigenvalue weighted by Gasteiger charge is 2.31. The van der Waals surface area contributed by atoms with Crippen LogP contribution in [0.5, 0.6) is 11.5 Å². The smallest absolute Gasteiger partial charge is 0.244 e. The first-order valence-corrected chi connectivity index (χ1v) is 12.3. The second-order valence-corrected chi connectivity index (χ2v) is 10.0. The number of carbonyl (C=O) groups is 1. The number of hydrogen-bond acceptors (Lipinski definition) is 5. The lowest BCUT2D eigenvalue weighted by Crippen LogP contribution is -2.48. The quantitative estimate of drug-likeness (QED) is 0.671. The summed E-state index contributed by atoms with van der Waals surface area (Å²) in [6, 6.07) is 13.4. The SMILES string of the molecule is CC(C)C[C@@H](NC(=O)[C@@H](C)N(c1ccc2c(c1)OCCO2)S(C)(=O)=O)c1ccccc1. The summed E-state index contributed by atoms with van der Waals surface area (Å²) in [7, 11) is -3.74. The van der Waals surface area contributed by atoms with Crippen LogP contribution >= 0.6 is 0 Å². The molecular weight excluding hydrogens is 416 g/mol. The third kappa shape index (κ3) is 5.70. The first-order valence-electron chi connectivity index (χ1n) is 10.4. The van der Waals surface area contributed by atoms with Gasteiger partial charge < -0.3 is 14.8 Å². The lowest BCUT2D eigenvalue weighted by molar-refractivity contribution is -0.122.